The van der Waals surface area contributed by atoms with E-state index in [-0.39, 0.29) is 44.6 Å². The van der Waals surface area contributed by atoms with Gasteiger partial charge in [0.15, 0.2) is 0 Å². The molecule has 0 aliphatic rings. The number of ether oxygens (including phenoxy) is 2. The molecule has 0 atom stereocenters. The number of thiol groups is 2. The van der Waals surface area contributed by atoms with Gasteiger partial charge in [-0.25, -0.2) is 0 Å². The van der Waals surface area contributed by atoms with Gasteiger partial charge >= 0.3 is 43.0 Å². The molecule has 0 fully saturated rings. The van der Waals surface area contributed by atoms with Gasteiger partial charge in [-0.1, -0.05) is 78.1 Å². The van der Waals surface area contributed by atoms with Crippen LogP contribution in [0.25, 0.3) is 0 Å². The van der Waals surface area contributed by atoms with Crippen LogP contribution in [0.15, 0.2) is 0 Å². The van der Waals surface area contributed by atoms with Gasteiger partial charge in [0.25, 0.3) is 0 Å². The Kier molecular flexibility index (Phi) is 38.9. The third-order valence-corrected chi connectivity index (χ3v) is 4.30. The Morgan fingerprint density at radius 3 is 1.17 bits per heavy atom. The van der Waals surface area contributed by atoms with Crippen LogP contribution in [-0.2, 0) is 19.1 Å². The quantitative estimate of drug-likeness (QED) is 0.0995. The molecule has 0 aliphatic carbocycles. The van der Waals surface area contributed by atoms with Crippen molar-refractivity contribution in [1.82, 2.24) is 0 Å². The second-order valence-electron chi connectivity index (χ2n) is 6.79. The summed E-state index contributed by atoms with van der Waals surface area (Å²) in [5, 5.41) is 0. The Labute approximate surface area is 202 Å². The van der Waals surface area contributed by atoms with E-state index in [0.29, 0.717) is 13.2 Å². The van der Waals surface area contributed by atoms with Gasteiger partial charge in [0.1, 0.15) is 0 Å². The average Bonchev–Trinajstić information content (AvgIpc) is 2.73. The molecule has 0 spiro atoms. The fraction of sp³-hybridized carbons (Fsp3) is 0.909. The summed E-state index contributed by atoms with van der Waals surface area (Å²) < 4.78 is 9.76. The number of hydrogen-bond acceptors (Lipinski definition) is 6. The third-order valence-electron chi connectivity index (χ3n) is 3.78. The molecule has 0 bridgehead atoms. The maximum atomic E-state index is 10.6. The van der Waals surface area contributed by atoms with Crippen LogP contribution >= 0.6 is 25.3 Å². The minimum atomic E-state index is -0.211. The van der Waals surface area contributed by atoms with Crippen molar-refractivity contribution >= 4 is 58.3 Å². The predicted molar refractivity (Wildman–Crippen MR) is 134 cm³/mol. The van der Waals surface area contributed by atoms with E-state index in [2.05, 4.69) is 49.0 Å². The summed E-state index contributed by atoms with van der Waals surface area (Å²) in [6.07, 6.45) is 14.6. The molecule has 7 heteroatoms. The predicted octanol–water partition coefficient (Wildman–Crippen LogP) is 6.43. The first-order chi connectivity index (χ1) is 14.0. The molecular formula is C22H46O4S2Sn. The molecule has 0 saturated heterocycles. The van der Waals surface area contributed by atoms with Crippen LogP contribution in [0.2, 0.25) is 9.88 Å². The van der Waals surface area contributed by atoms with Crippen molar-refractivity contribution in [2.75, 3.05) is 24.7 Å². The Morgan fingerprint density at radius 2 is 0.897 bits per heavy atom. The number of esters is 2. The molecule has 0 saturated carbocycles. The van der Waals surface area contributed by atoms with Gasteiger partial charge in [-0.2, -0.15) is 25.3 Å². The normalized spacial score (nSPS) is 9.59. The minimum absolute atomic E-state index is 0.190. The van der Waals surface area contributed by atoms with Crippen LogP contribution in [0.5, 0.6) is 0 Å². The number of carbonyl (C=O) groups is 2. The molecule has 0 aliphatic heterocycles. The van der Waals surface area contributed by atoms with E-state index >= 15 is 0 Å². The fourth-order valence-corrected chi connectivity index (χ4v) is 2.41. The zero-order chi connectivity index (χ0) is 22.6. The molecule has 0 rings (SSSR count). The van der Waals surface area contributed by atoms with Crippen LogP contribution in [0.1, 0.15) is 90.9 Å². The van der Waals surface area contributed by atoms with Crippen molar-refractivity contribution in [2.45, 2.75) is 101 Å². The zero-order valence-corrected chi connectivity index (χ0v) is 24.0. The SMILES string of the molecule is CCCCCCCCOC(=O)CS.CCCCCCCCOC(=O)CS.[CH3][Sn][CH3]. The van der Waals surface area contributed by atoms with Crippen LogP contribution in [-0.4, -0.2) is 57.8 Å². The number of rotatable bonds is 16. The molecule has 4 nitrogen and oxygen atoms in total. The summed E-state index contributed by atoms with van der Waals surface area (Å²) in [6, 6.07) is 0. The zero-order valence-electron chi connectivity index (χ0n) is 19.3. The first kappa shape index (κ1) is 34.1. The van der Waals surface area contributed by atoms with Gasteiger partial charge in [0, 0.05) is 0 Å². The molecule has 29 heavy (non-hydrogen) atoms. The van der Waals surface area contributed by atoms with Gasteiger partial charge in [-0.05, 0) is 12.8 Å². The van der Waals surface area contributed by atoms with Crippen LogP contribution in [0.3, 0.4) is 0 Å². The molecule has 0 N–H and O–H groups in total. The van der Waals surface area contributed by atoms with Crippen LogP contribution < -0.4 is 0 Å². The molecule has 0 aromatic rings. The van der Waals surface area contributed by atoms with Crippen molar-refractivity contribution in [2.24, 2.45) is 0 Å². The molecule has 0 heterocycles. The maximum absolute atomic E-state index is 10.6. The van der Waals surface area contributed by atoms with Crippen molar-refractivity contribution in [3.63, 3.8) is 0 Å². The van der Waals surface area contributed by atoms with Crippen LogP contribution in [0.4, 0.5) is 0 Å². The topological polar surface area (TPSA) is 52.6 Å². The van der Waals surface area contributed by atoms with Crippen LogP contribution in [0, 0.1) is 0 Å². The second kappa shape index (κ2) is 33.1. The average molecular weight is 557 g/mol. The standard InChI is InChI=1S/2C10H20O2S.2CH3.Sn/c2*1-2-3-4-5-6-7-8-12-10(11)9-13;;;/h2*13H,2-9H2,1H3;2*1H3;. The van der Waals surface area contributed by atoms with Gasteiger partial charge in [-0.3, -0.25) is 9.59 Å². The van der Waals surface area contributed by atoms with Gasteiger partial charge in [0.2, 0.25) is 0 Å². The van der Waals surface area contributed by atoms with Crippen molar-refractivity contribution in [3.8, 4) is 0 Å². The summed E-state index contributed by atoms with van der Waals surface area (Å²) in [7, 11) is 0. The Hall–Kier alpha value is 0.439. The molecule has 0 amide bonds. The summed E-state index contributed by atoms with van der Waals surface area (Å²) in [4.78, 5) is 25.9. The number of unbranched alkanes of at least 4 members (excludes halogenated alkanes) is 10. The Balaban J connectivity index is -0.000000410. The molecule has 2 radical (unpaired) electrons. The van der Waals surface area contributed by atoms with E-state index in [9.17, 15) is 9.59 Å². The fourth-order valence-electron chi connectivity index (χ4n) is 2.23. The Morgan fingerprint density at radius 1 is 0.621 bits per heavy atom. The molecule has 174 valence electrons. The molecule has 0 unspecified atom stereocenters. The Bertz CT molecular complexity index is 302. The van der Waals surface area contributed by atoms with Crippen molar-refractivity contribution in [1.29, 1.82) is 0 Å². The monoisotopic (exact) mass is 558 g/mol. The van der Waals surface area contributed by atoms with Gasteiger partial charge in [-0.15, -0.1) is 0 Å². The molecule has 0 aromatic heterocycles. The first-order valence-corrected chi connectivity index (χ1v) is 18.1. The van der Waals surface area contributed by atoms with E-state index in [1.165, 1.54) is 64.2 Å². The van der Waals surface area contributed by atoms with E-state index in [1.807, 2.05) is 0 Å². The van der Waals surface area contributed by atoms with Gasteiger partial charge in [0.05, 0.1) is 24.7 Å². The summed E-state index contributed by atoms with van der Waals surface area (Å²) >= 11 is 7.85. The molecule has 0 aromatic carbocycles. The van der Waals surface area contributed by atoms with E-state index in [1.54, 1.807) is 0 Å². The van der Waals surface area contributed by atoms with Crippen molar-refractivity contribution < 1.29 is 19.1 Å². The summed E-state index contributed by atoms with van der Waals surface area (Å²) in [5.41, 5.74) is 0. The molecular weight excluding hydrogens is 511 g/mol. The van der Waals surface area contributed by atoms with E-state index in [4.69, 9.17) is 9.47 Å². The summed E-state index contributed by atoms with van der Waals surface area (Å²) in [5.74, 6) is -0.0418. The van der Waals surface area contributed by atoms with E-state index < -0.39 is 0 Å². The first-order valence-electron chi connectivity index (χ1n) is 11.1. The summed E-state index contributed by atoms with van der Waals surface area (Å²) in [6.45, 7) is 5.53. The van der Waals surface area contributed by atoms with E-state index in [0.717, 1.165) is 12.8 Å². The van der Waals surface area contributed by atoms with Gasteiger partial charge < -0.3 is 9.47 Å². The second-order valence-corrected chi connectivity index (χ2v) is 10.3. The number of hydrogen-bond donors (Lipinski definition) is 2. The number of carbonyl (C=O) groups excluding carboxylic acids is 2. The third kappa shape index (κ3) is 39.5. The van der Waals surface area contributed by atoms with Crippen molar-refractivity contribution in [3.05, 3.63) is 0 Å².